The fraction of sp³-hybridized carbons (Fsp3) is 0.412. The SMILES string of the molecule is CCNP(=O)(OC[C@H]1O[C@@H](n2cc(F)c(=O)[nH]c2=O)C[C@@H]1O)Oc1ccc(Cl)cc1. The van der Waals surface area contributed by atoms with E-state index in [2.05, 4.69) is 5.09 Å². The van der Waals surface area contributed by atoms with Crippen LogP contribution in [0.4, 0.5) is 4.39 Å². The van der Waals surface area contributed by atoms with Crippen LogP contribution in [0.15, 0.2) is 40.1 Å². The lowest BCUT2D eigenvalue weighted by Gasteiger charge is -2.22. The number of nitrogens with one attached hydrogen (secondary N) is 2. The lowest BCUT2D eigenvalue weighted by molar-refractivity contribution is -0.0428. The van der Waals surface area contributed by atoms with Gasteiger partial charge in [-0.1, -0.05) is 18.5 Å². The van der Waals surface area contributed by atoms with Crippen molar-refractivity contribution in [3.8, 4) is 5.75 Å². The lowest BCUT2D eigenvalue weighted by atomic mass is 10.2. The minimum absolute atomic E-state index is 0.0665. The molecule has 1 aromatic carbocycles. The molecule has 30 heavy (non-hydrogen) atoms. The van der Waals surface area contributed by atoms with Gasteiger partial charge in [0.1, 0.15) is 18.1 Å². The average Bonchev–Trinajstić information content (AvgIpc) is 3.06. The maximum absolute atomic E-state index is 13.5. The van der Waals surface area contributed by atoms with Gasteiger partial charge in [0.15, 0.2) is 0 Å². The van der Waals surface area contributed by atoms with Crippen LogP contribution in [-0.2, 0) is 13.8 Å². The van der Waals surface area contributed by atoms with Crippen LogP contribution in [0.2, 0.25) is 5.02 Å². The van der Waals surface area contributed by atoms with Crippen molar-refractivity contribution in [3.05, 3.63) is 62.1 Å². The minimum atomic E-state index is -3.81. The zero-order chi connectivity index (χ0) is 21.9. The van der Waals surface area contributed by atoms with E-state index in [0.717, 1.165) is 4.57 Å². The highest BCUT2D eigenvalue weighted by atomic mass is 35.5. The summed E-state index contributed by atoms with van der Waals surface area (Å²) in [6, 6.07) is 6.15. The number of aromatic amines is 1. The van der Waals surface area contributed by atoms with E-state index in [0.29, 0.717) is 11.2 Å². The molecule has 1 aliphatic rings. The molecule has 0 amide bonds. The summed E-state index contributed by atoms with van der Waals surface area (Å²) in [6.07, 6.45) is -2.47. The molecule has 4 atom stereocenters. The normalized spacial score (nSPS) is 23.3. The topological polar surface area (TPSA) is 132 Å². The number of hydrogen-bond acceptors (Lipinski definition) is 7. The van der Waals surface area contributed by atoms with Crippen molar-refractivity contribution in [2.75, 3.05) is 13.2 Å². The van der Waals surface area contributed by atoms with Crippen molar-refractivity contribution < 1.29 is 27.8 Å². The molecule has 1 unspecified atom stereocenters. The first-order chi connectivity index (χ1) is 14.2. The maximum atomic E-state index is 13.5. The van der Waals surface area contributed by atoms with E-state index in [-0.39, 0.29) is 25.3 Å². The van der Waals surface area contributed by atoms with Gasteiger partial charge in [0, 0.05) is 18.0 Å². The number of aromatic nitrogens is 2. The van der Waals surface area contributed by atoms with Gasteiger partial charge in [-0.25, -0.2) is 14.4 Å². The van der Waals surface area contributed by atoms with Gasteiger partial charge in [-0.2, -0.15) is 4.39 Å². The molecule has 0 spiro atoms. The van der Waals surface area contributed by atoms with Crippen molar-refractivity contribution in [3.63, 3.8) is 0 Å². The fourth-order valence-electron chi connectivity index (χ4n) is 2.81. The minimum Gasteiger partial charge on any atom is -0.413 e. The van der Waals surface area contributed by atoms with Gasteiger partial charge in [-0.3, -0.25) is 18.9 Å². The number of H-pyrrole nitrogens is 1. The van der Waals surface area contributed by atoms with Crippen LogP contribution in [-0.4, -0.2) is 40.0 Å². The Bertz CT molecular complexity index is 1040. The van der Waals surface area contributed by atoms with Crippen molar-refractivity contribution in [1.29, 1.82) is 0 Å². The molecule has 13 heteroatoms. The third kappa shape index (κ3) is 5.37. The molecule has 1 saturated heterocycles. The van der Waals surface area contributed by atoms with Gasteiger partial charge < -0.3 is 14.4 Å². The molecule has 0 bridgehead atoms. The number of aliphatic hydroxyl groups excluding tert-OH is 1. The summed E-state index contributed by atoms with van der Waals surface area (Å²) < 4.78 is 43.7. The van der Waals surface area contributed by atoms with E-state index < -0.39 is 43.2 Å². The predicted molar refractivity (Wildman–Crippen MR) is 105 cm³/mol. The first-order valence-electron chi connectivity index (χ1n) is 9.00. The molecule has 164 valence electrons. The van der Waals surface area contributed by atoms with Gasteiger partial charge in [0.05, 0.1) is 18.9 Å². The smallest absolute Gasteiger partial charge is 0.413 e. The summed E-state index contributed by atoms with van der Waals surface area (Å²) in [7, 11) is -3.81. The second kappa shape index (κ2) is 9.42. The van der Waals surface area contributed by atoms with E-state index in [1.54, 1.807) is 19.1 Å². The Morgan fingerprint density at radius 2 is 2.10 bits per heavy atom. The molecule has 1 aromatic heterocycles. The lowest BCUT2D eigenvalue weighted by Crippen LogP contribution is -2.34. The van der Waals surface area contributed by atoms with Crippen LogP contribution in [0.3, 0.4) is 0 Å². The Morgan fingerprint density at radius 3 is 2.77 bits per heavy atom. The Hall–Kier alpha value is -2.01. The van der Waals surface area contributed by atoms with Crippen LogP contribution in [0.25, 0.3) is 0 Å². The van der Waals surface area contributed by atoms with Gasteiger partial charge in [-0.05, 0) is 24.3 Å². The predicted octanol–water partition coefficient (Wildman–Crippen LogP) is 1.79. The van der Waals surface area contributed by atoms with Crippen LogP contribution in [0.5, 0.6) is 5.75 Å². The van der Waals surface area contributed by atoms with Crippen LogP contribution < -0.4 is 20.9 Å². The molecule has 3 rings (SSSR count). The molecule has 3 N–H and O–H groups in total. The van der Waals surface area contributed by atoms with Gasteiger partial charge >= 0.3 is 13.4 Å². The summed E-state index contributed by atoms with van der Waals surface area (Å²) in [6.45, 7) is 1.64. The summed E-state index contributed by atoms with van der Waals surface area (Å²) in [4.78, 5) is 24.9. The molecular formula is C17H20ClFN3O7P. The number of benzene rings is 1. The van der Waals surface area contributed by atoms with E-state index in [1.807, 2.05) is 4.98 Å². The summed E-state index contributed by atoms with van der Waals surface area (Å²) in [5.41, 5.74) is -2.04. The highest BCUT2D eigenvalue weighted by Gasteiger charge is 2.38. The van der Waals surface area contributed by atoms with Gasteiger partial charge in [0.25, 0.3) is 5.56 Å². The average molecular weight is 464 g/mol. The van der Waals surface area contributed by atoms with E-state index in [1.165, 1.54) is 12.1 Å². The zero-order valence-electron chi connectivity index (χ0n) is 15.8. The zero-order valence-corrected chi connectivity index (χ0v) is 17.4. The Morgan fingerprint density at radius 1 is 1.40 bits per heavy atom. The number of halogens is 2. The fourth-order valence-corrected chi connectivity index (χ4v) is 4.28. The molecule has 1 aliphatic heterocycles. The van der Waals surface area contributed by atoms with Crippen molar-refractivity contribution in [2.45, 2.75) is 31.8 Å². The van der Waals surface area contributed by atoms with E-state index in [9.17, 15) is 23.7 Å². The molecule has 2 heterocycles. The molecule has 10 nitrogen and oxygen atoms in total. The number of aliphatic hydroxyl groups is 1. The first-order valence-corrected chi connectivity index (χ1v) is 10.9. The van der Waals surface area contributed by atoms with Crippen molar-refractivity contribution in [1.82, 2.24) is 14.6 Å². The van der Waals surface area contributed by atoms with Crippen LogP contribution >= 0.6 is 19.3 Å². The first kappa shape index (κ1) is 22.7. The molecular weight excluding hydrogens is 444 g/mol. The number of nitrogens with zero attached hydrogens (tertiary/aromatic N) is 1. The van der Waals surface area contributed by atoms with E-state index in [4.69, 9.17) is 25.4 Å². The quantitative estimate of drug-likeness (QED) is 0.505. The third-order valence-corrected chi connectivity index (χ3v) is 6.13. The Kier molecular flexibility index (Phi) is 7.12. The van der Waals surface area contributed by atoms with Crippen LogP contribution in [0.1, 0.15) is 19.6 Å². The van der Waals surface area contributed by atoms with Gasteiger partial charge in [-0.15, -0.1) is 0 Å². The number of ether oxygens (including phenoxy) is 1. The maximum Gasteiger partial charge on any atom is 0.458 e. The van der Waals surface area contributed by atoms with Gasteiger partial charge in [0.2, 0.25) is 5.82 Å². The standard InChI is InChI=1S/C17H20ClFN3O7P/c1-2-20-30(26,29-11-5-3-10(18)4-6-11)27-9-14-13(23)7-15(28-14)22-8-12(19)16(24)21-17(22)25/h3-6,8,13-15,23H,2,7,9H2,1H3,(H,20,26)(H,21,24,25)/t13-,14+,15+,30?/m0/s1. The molecule has 0 aliphatic carbocycles. The molecule has 0 saturated carbocycles. The monoisotopic (exact) mass is 463 g/mol. The van der Waals surface area contributed by atoms with Crippen molar-refractivity contribution in [2.24, 2.45) is 0 Å². The molecule has 2 aromatic rings. The van der Waals surface area contributed by atoms with Crippen LogP contribution in [0, 0.1) is 5.82 Å². The Labute approximate surface area is 175 Å². The van der Waals surface area contributed by atoms with E-state index >= 15 is 0 Å². The Balaban J connectivity index is 1.68. The highest BCUT2D eigenvalue weighted by Crippen LogP contribution is 2.45. The molecule has 1 fully saturated rings. The van der Waals surface area contributed by atoms with Crippen molar-refractivity contribution >= 4 is 19.3 Å². The second-order valence-electron chi connectivity index (χ2n) is 6.43. The number of hydrogen-bond donors (Lipinski definition) is 3. The highest BCUT2D eigenvalue weighted by molar-refractivity contribution is 7.52. The molecule has 0 radical (unpaired) electrons. The second-order valence-corrected chi connectivity index (χ2v) is 8.61. The largest absolute Gasteiger partial charge is 0.458 e. The summed E-state index contributed by atoms with van der Waals surface area (Å²) >= 11 is 5.82. The summed E-state index contributed by atoms with van der Waals surface area (Å²) in [5.74, 6) is -0.912. The number of rotatable bonds is 8. The third-order valence-electron chi connectivity index (χ3n) is 4.24. The summed E-state index contributed by atoms with van der Waals surface area (Å²) in [5, 5.41) is 13.3.